The number of hydrogen-bond acceptors (Lipinski definition) is 11. The number of benzene rings is 4. The Balaban J connectivity index is 1.85. The fourth-order valence-electron chi connectivity index (χ4n) is 6.72. The van der Waals surface area contributed by atoms with Crippen LogP contribution in [0.5, 0.6) is 0 Å². The molecule has 4 amide bonds. The molecule has 4 aromatic rings. The Hall–Kier alpha value is -6.91. The van der Waals surface area contributed by atoms with Gasteiger partial charge in [0.1, 0.15) is 19.3 Å². The summed E-state index contributed by atoms with van der Waals surface area (Å²) in [5.41, 5.74) is 14.1. The molecule has 4 aromatic carbocycles. The number of carbonyl (C=O) groups excluding carboxylic acids is 4. The molecule has 0 saturated heterocycles. The topological polar surface area (TPSA) is 257 Å². The van der Waals surface area contributed by atoms with Gasteiger partial charge in [-0.05, 0) is 67.3 Å². The van der Waals surface area contributed by atoms with Gasteiger partial charge in [-0.1, -0.05) is 121 Å². The van der Waals surface area contributed by atoms with Gasteiger partial charge in [0.2, 0.25) is 5.91 Å². The van der Waals surface area contributed by atoms with Crippen LogP contribution in [0.1, 0.15) is 47.9 Å². The highest BCUT2D eigenvalue weighted by Gasteiger charge is 2.50. The molecule has 0 radical (unpaired) electrons. The lowest BCUT2D eigenvalue weighted by molar-refractivity contribution is -0.167. The van der Waals surface area contributed by atoms with Crippen LogP contribution in [0.4, 0.5) is 9.59 Å². The summed E-state index contributed by atoms with van der Waals surface area (Å²) in [5.74, 6) is -11.2. The zero-order chi connectivity index (χ0) is 44.3. The van der Waals surface area contributed by atoms with Crippen molar-refractivity contribution in [2.75, 3.05) is 6.54 Å². The Kier molecular flexibility index (Phi) is 18.1. The van der Waals surface area contributed by atoms with Crippen LogP contribution < -0.4 is 11.5 Å². The van der Waals surface area contributed by atoms with E-state index in [1.165, 1.54) is 12.1 Å². The molecule has 0 aliphatic heterocycles. The summed E-state index contributed by atoms with van der Waals surface area (Å²) in [6, 6.07) is 26.6. The Morgan fingerprint density at radius 1 is 0.541 bits per heavy atom. The third kappa shape index (κ3) is 13.8. The van der Waals surface area contributed by atoms with Crippen LogP contribution in [0.15, 0.2) is 121 Å². The molecule has 0 aliphatic carbocycles. The van der Waals surface area contributed by atoms with Gasteiger partial charge in [-0.2, -0.15) is 4.90 Å². The predicted octanol–water partition coefficient (Wildman–Crippen LogP) is 4.87. The molecular formula is C45H50N4O12. The molecule has 0 aromatic heterocycles. The smallest absolute Gasteiger partial charge is 0.420 e. The molecule has 322 valence electrons. The van der Waals surface area contributed by atoms with Gasteiger partial charge in [-0.15, -0.1) is 0 Å². The number of nitrogens with zero attached hydrogens (tertiary/aromatic N) is 2. The molecule has 0 fully saturated rings. The Morgan fingerprint density at radius 3 is 1.39 bits per heavy atom. The molecule has 16 nitrogen and oxygen atoms in total. The van der Waals surface area contributed by atoms with Crippen LogP contribution in [0.25, 0.3) is 0 Å². The van der Waals surface area contributed by atoms with Gasteiger partial charge in [0.05, 0.1) is 17.9 Å². The fourth-order valence-corrected chi connectivity index (χ4v) is 6.72. The van der Waals surface area contributed by atoms with Crippen molar-refractivity contribution in [1.82, 2.24) is 9.80 Å². The number of nitrogens with two attached hydrogens (primary N) is 2. The maximum atomic E-state index is 15.2. The number of aliphatic carboxylic acids is 3. The minimum absolute atomic E-state index is 0.0394. The van der Waals surface area contributed by atoms with Gasteiger partial charge >= 0.3 is 30.1 Å². The molecule has 16 heteroatoms. The van der Waals surface area contributed by atoms with Crippen LogP contribution >= 0.6 is 0 Å². The highest BCUT2D eigenvalue weighted by Crippen LogP contribution is 2.26. The van der Waals surface area contributed by atoms with E-state index >= 15 is 4.79 Å². The lowest BCUT2D eigenvalue weighted by Crippen LogP contribution is -2.63. The van der Waals surface area contributed by atoms with E-state index in [1.54, 1.807) is 109 Å². The van der Waals surface area contributed by atoms with Crippen molar-refractivity contribution in [3.05, 3.63) is 144 Å². The van der Waals surface area contributed by atoms with Crippen molar-refractivity contribution in [3.8, 4) is 0 Å². The molecule has 0 heterocycles. The minimum atomic E-state index is -2.49. The van der Waals surface area contributed by atoms with Crippen molar-refractivity contribution >= 4 is 41.9 Å². The maximum Gasteiger partial charge on any atom is 0.420 e. The molecule has 61 heavy (non-hydrogen) atoms. The molecule has 0 bridgehead atoms. The number of amides is 4. The van der Waals surface area contributed by atoms with Crippen LogP contribution in [-0.2, 0) is 59.5 Å². The van der Waals surface area contributed by atoms with Crippen molar-refractivity contribution < 1.29 is 58.4 Å². The lowest BCUT2D eigenvalue weighted by Gasteiger charge is -2.37. The molecule has 7 N–H and O–H groups in total. The van der Waals surface area contributed by atoms with E-state index in [0.717, 1.165) is 0 Å². The van der Waals surface area contributed by atoms with Gasteiger partial charge in [-0.3, -0.25) is 24.1 Å². The van der Waals surface area contributed by atoms with Gasteiger partial charge in [0, 0.05) is 0 Å². The molecule has 0 aliphatic rings. The average Bonchev–Trinajstić information content (AvgIpc) is 3.26. The highest BCUT2D eigenvalue weighted by molar-refractivity contribution is 6.06. The molecule has 2 unspecified atom stereocenters. The number of carboxylic acids is 3. The molecule has 5 atom stereocenters. The van der Waals surface area contributed by atoms with E-state index in [4.69, 9.17) is 20.9 Å². The SMILES string of the molecule is NCCCC[C@@H](C(=O)N(C(=O)[C@@H](N)CC(Cc1ccccc1)C(=O)O)[C@H](C(=O)O)C(Cc1ccccc1)C(=O)O)N(C(=O)OCc1ccccc1)C(=O)OCc1ccccc1. The Bertz CT molecular complexity index is 2020. The second-order valence-electron chi connectivity index (χ2n) is 14.3. The first-order valence-electron chi connectivity index (χ1n) is 19.6. The monoisotopic (exact) mass is 838 g/mol. The quantitative estimate of drug-likeness (QED) is 0.0662. The van der Waals surface area contributed by atoms with Crippen LogP contribution in [0, 0.1) is 11.8 Å². The van der Waals surface area contributed by atoms with Gasteiger partial charge < -0.3 is 36.3 Å². The minimum Gasteiger partial charge on any atom is -0.481 e. The Labute approximate surface area is 352 Å². The number of carbonyl (C=O) groups is 7. The summed E-state index contributed by atoms with van der Waals surface area (Å²) < 4.78 is 11.0. The number of ether oxygens (including phenoxy) is 2. The Morgan fingerprint density at radius 2 is 0.984 bits per heavy atom. The first kappa shape index (κ1) is 46.8. The summed E-state index contributed by atoms with van der Waals surface area (Å²) in [7, 11) is 0. The summed E-state index contributed by atoms with van der Waals surface area (Å²) in [5, 5.41) is 31.5. The highest BCUT2D eigenvalue weighted by atomic mass is 16.6. The number of hydrogen-bond donors (Lipinski definition) is 5. The zero-order valence-corrected chi connectivity index (χ0v) is 33.4. The van der Waals surface area contributed by atoms with Crippen LogP contribution in [0.2, 0.25) is 0 Å². The fraction of sp³-hybridized carbons (Fsp3) is 0.311. The lowest BCUT2D eigenvalue weighted by atomic mass is 9.88. The van der Waals surface area contributed by atoms with Gasteiger partial charge in [-0.25, -0.2) is 14.4 Å². The molecule has 4 rings (SSSR count). The largest absolute Gasteiger partial charge is 0.481 e. The van der Waals surface area contributed by atoms with Crippen LogP contribution in [-0.4, -0.2) is 91.7 Å². The van der Waals surface area contributed by atoms with E-state index in [1.807, 2.05) is 0 Å². The maximum absolute atomic E-state index is 15.2. The third-order valence-corrected chi connectivity index (χ3v) is 9.86. The van der Waals surface area contributed by atoms with Crippen molar-refractivity contribution in [2.45, 2.75) is 69.9 Å². The second-order valence-corrected chi connectivity index (χ2v) is 14.3. The summed E-state index contributed by atoms with van der Waals surface area (Å²) in [4.78, 5) is 97.4. The number of imide groups is 2. The second kappa shape index (κ2) is 23.6. The molecule has 0 saturated carbocycles. The number of unbranched alkanes of at least 4 members (excludes halogenated alkanes) is 1. The summed E-state index contributed by atoms with van der Waals surface area (Å²) >= 11 is 0. The van der Waals surface area contributed by atoms with E-state index in [-0.39, 0.29) is 43.9 Å². The van der Waals surface area contributed by atoms with E-state index < -0.39 is 91.1 Å². The first-order valence-corrected chi connectivity index (χ1v) is 19.6. The van der Waals surface area contributed by atoms with Gasteiger partial charge in [0.15, 0.2) is 6.04 Å². The normalized spacial score (nSPS) is 13.3. The standard InChI is InChI=1S/C45H50N4O12/c46-24-14-13-23-37(48(44(58)60-28-32-19-9-3-10-20-32)45(59)61-29-33-21-11-4-12-22-33)40(51)49(38(43(56)57)35(42(54)55)26-31-17-7-2-8-18-31)39(50)36(47)27-34(41(52)53)25-30-15-5-1-6-16-30/h1-12,15-22,34-38H,13-14,23-29,46-47H2,(H,52,53)(H,54,55)(H,56,57)/t34?,35?,36-,37-,38-/m0/s1. The third-order valence-electron chi connectivity index (χ3n) is 9.86. The molecular weight excluding hydrogens is 789 g/mol. The van der Waals surface area contributed by atoms with E-state index in [0.29, 0.717) is 27.2 Å². The van der Waals surface area contributed by atoms with Gasteiger partial charge in [0.25, 0.3) is 5.91 Å². The number of rotatable bonds is 22. The van der Waals surface area contributed by atoms with Crippen molar-refractivity contribution in [2.24, 2.45) is 23.3 Å². The predicted molar refractivity (Wildman–Crippen MR) is 220 cm³/mol. The first-order chi connectivity index (χ1) is 29.3. The summed E-state index contributed by atoms with van der Waals surface area (Å²) in [6.45, 7) is -0.667. The number of carboxylic acid groups (broad SMARTS) is 3. The zero-order valence-electron chi connectivity index (χ0n) is 33.4. The molecule has 0 spiro atoms. The van der Waals surface area contributed by atoms with E-state index in [9.17, 15) is 44.1 Å². The van der Waals surface area contributed by atoms with Crippen molar-refractivity contribution in [3.63, 3.8) is 0 Å². The summed E-state index contributed by atoms with van der Waals surface area (Å²) in [6.07, 6.45) is -4.15. The van der Waals surface area contributed by atoms with Crippen molar-refractivity contribution in [1.29, 1.82) is 0 Å². The van der Waals surface area contributed by atoms with E-state index in [2.05, 4.69) is 0 Å². The van der Waals surface area contributed by atoms with Crippen LogP contribution in [0.3, 0.4) is 0 Å². The average molecular weight is 839 g/mol.